The number of nitrogens with one attached hydrogen (secondary N) is 1. The number of nitrogens with two attached hydrogens (primary N) is 1. The van der Waals surface area contributed by atoms with Gasteiger partial charge in [-0.15, -0.1) is 0 Å². The van der Waals surface area contributed by atoms with E-state index in [1.54, 1.807) is 20.8 Å². The molecule has 3 N–H and O–H groups in total. The number of hydrogen-bond donors (Lipinski definition) is 2. The highest BCUT2D eigenvalue weighted by Gasteiger charge is 2.28. The summed E-state index contributed by atoms with van der Waals surface area (Å²) in [5.74, 6) is -0.434. The summed E-state index contributed by atoms with van der Waals surface area (Å²) >= 11 is 3.17. The monoisotopic (exact) mass is 522 g/mol. The molecule has 0 amide bonds. The van der Waals surface area contributed by atoms with Crippen LogP contribution in [0.2, 0.25) is 0 Å². The van der Waals surface area contributed by atoms with Gasteiger partial charge in [0.2, 0.25) is 0 Å². The Labute approximate surface area is 207 Å². The van der Waals surface area contributed by atoms with Crippen molar-refractivity contribution < 1.29 is 19.1 Å². The largest absolute Gasteiger partial charge is 0.465 e. The van der Waals surface area contributed by atoms with E-state index in [-0.39, 0.29) is 11.9 Å². The average molecular weight is 524 g/mol. The van der Waals surface area contributed by atoms with Crippen LogP contribution in [0.3, 0.4) is 0 Å². The molecule has 7 heteroatoms. The Morgan fingerprint density at radius 3 is 1.58 bits per heavy atom. The van der Waals surface area contributed by atoms with Crippen LogP contribution in [0, 0.1) is 0 Å². The van der Waals surface area contributed by atoms with Crippen LogP contribution in [-0.2, 0) is 32.2 Å². The van der Waals surface area contributed by atoms with Crippen molar-refractivity contribution in [1.82, 2.24) is 5.32 Å². The van der Waals surface area contributed by atoms with Crippen LogP contribution in [-0.4, -0.2) is 35.0 Å². The summed E-state index contributed by atoms with van der Waals surface area (Å²) in [4.78, 5) is 22.4. The number of halogens is 1. The lowest BCUT2D eigenvalue weighted by Crippen LogP contribution is -2.47. The lowest BCUT2D eigenvalue weighted by molar-refractivity contribution is -0.149. The lowest BCUT2D eigenvalue weighted by Gasteiger charge is -2.23. The first-order chi connectivity index (χ1) is 15.5. The molecule has 0 saturated heterocycles. The van der Waals surface area contributed by atoms with E-state index in [1.165, 1.54) is 5.56 Å². The molecule has 6 nitrogen and oxygen atoms in total. The zero-order valence-corrected chi connectivity index (χ0v) is 22.3. The van der Waals surface area contributed by atoms with E-state index in [2.05, 4.69) is 21.2 Å². The molecular weight excluding hydrogens is 484 g/mol. The molecule has 0 aliphatic heterocycles. The van der Waals surface area contributed by atoms with Crippen LogP contribution in [0.5, 0.6) is 0 Å². The van der Waals surface area contributed by atoms with Gasteiger partial charge in [-0.2, -0.15) is 0 Å². The van der Waals surface area contributed by atoms with Gasteiger partial charge in [0.1, 0.15) is 9.86 Å². The normalized spacial score (nSPS) is 10.7. The quantitative estimate of drug-likeness (QED) is 0.375. The maximum Gasteiger partial charge on any atom is 0.325 e. The summed E-state index contributed by atoms with van der Waals surface area (Å²) in [7, 11) is 0. The number of ether oxygens (including phenoxy) is 2. The molecule has 0 atom stereocenters. The molecule has 0 aliphatic rings. The van der Waals surface area contributed by atoms with Crippen LogP contribution in [0.15, 0.2) is 60.7 Å². The minimum atomic E-state index is -0.647. The predicted molar refractivity (Wildman–Crippen MR) is 138 cm³/mol. The molecule has 0 aliphatic carbocycles. The summed E-state index contributed by atoms with van der Waals surface area (Å²) in [6.45, 7) is 12.9. The van der Waals surface area contributed by atoms with E-state index in [1.807, 2.05) is 81.4 Å². The van der Waals surface area contributed by atoms with Crippen molar-refractivity contribution in [2.45, 2.75) is 64.5 Å². The fourth-order valence-corrected chi connectivity index (χ4v) is 2.33. The zero-order valence-electron chi connectivity index (χ0n) is 20.7. The molecule has 2 rings (SSSR count). The second kappa shape index (κ2) is 16.4. The van der Waals surface area contributed by atoms with Gasteiger partial charge < -0.3 is 15.2 Å². The Hall–Kier alpha value is -2.22. The molecule has 0 spiro atoms. The second-order valence-corrected chi connectivity index (χ2v) is 10.0. The first-order valence-electron chi connectivity index (χ1n) is 11.0. The summed E-state index contributed by atoms with van der Waals surface area (Å²) in [5, 5.41) is 3.19. The van der Waals surface area contributed by atoms with Crippen LogP contribution in [0.4, 0.5) is 0 Å². The molecule has 33 heavy (non-hydrogen) atoms. The van der Waals surface area contributed by atoms with Crippen LogP contribution >= 0.6 is 15.9 Å². The number of carbonyl (C=O) groups is 2. The number of benzene rings is 2. The van der Waals surface area contributed by atoms with Crippen molar-refractivity contribution in [2.24, 2.45) is 5.73 Å². The Morgan fingerprint density at radius 2 is 1.24 bits per heavy atom. The van der Waals surface area contributed by atoms with E-state index in [4.69, 9.17) is 15.2 Å². The van der Waals surface area contributed by atoms with Crippen molar-refractivity contribution in [3.63, 3.8) is 0 Å². The van der Waals surface area contributed by atoms with Crippen LogP contribution < -0.4 is 11.1 Å². The predicted octanol–water partition coefficient (Wildman–Crippen LogP) is 4.99. The van der Waals surface area contributed by atoms with Gasteiger partial charge in [0.15, 0.2) is 0 Å². The zero-order chi connectivity index (χ0) is 25.3. The third kappa shape index (κ3) is 14.5. The SMILES string of the molecule is CCOC(=O)C(C)(C)Br.CCOC(=O)C(C)(C)NCc1ccccc1.NCc1ccccc1. The standard InChI is InChI=1S/C13H19NO2.C7H9N.C6H11BrO2/c1-4-16-12(15)13(2,3)14-10-11-8-6-5-7-9-11;8-6-7-4-2-1-3-5-7;1-4-9-5(8)6(2,3)7/h5-9,14H,4,10H2,1-3H3;1-5H,6,8H2;4H2,1-3H3. The Bertz CT molecular complexity index is 791. The highest BCUT2D eigenvalue weighted by molar-refractivity contribution is 9.10. The molecule has 0 radical (unpaired) electrons. The van der Waals surface area contributed by atoms with Gasteiger partial charge in [0, 0.05) is 13.1 Å². The van der Waals surface area contributed by atoms with Crippen molar-refractivity contribution in [3.05, 3.63) is 71.8 Å². The van der Waals surface area contributed by atoms with Crippen LogP contribution in [0.25, 0.3) is 0 Å². The van der Waals surface area contributed by atoms with Crippen molar-refractivity contribution in [1.29, 1.82) is 0 Å². The third-order valence-electron chi connectivity index (χ3n) is 4.20. The fraction of sp³-hybridized carbons (Fsp3) is 0.462. The van der Waals surface area contributed by atoms with Gasteiger partial charge >= 0.3 is 11.9 Å². The van der Waals surface area contributed by atoms with Gasteiger partial charge in [-0.1, -0.05) is 76.6 Å². The van der Waals surface area contributed by atoms with E-state index >= 15 is 0 Å². The van der Waals surface area contributed by atoms with Gasteiger partial charge in [0.25, 0.3) is 0 Å². The van der Waals surface area contributed by atoms with Gasteiger partial charge in [-0.05, 0) is 52.7 Å². The molecule has 0 aromatic heterocycles. The minimum Gasteiger partial charge on any atom is -0.465 e. The fourth-order valence-electron chi connectivity index (χ4n) is 2.22. The molecule has 184 valence electrons. The first kappa shape index (κ1) is 30.8. The molecular formula is C26H39BrN2O4. The topological polar surface area (TPSA) is 90.6 Å². The molecule has 0 bridgehead atoms. The highest BCUT2D eigenvalue weighted by Crippen LogP contribution is 2.17. The summed E-state index contributed by atoms with van der Waals surface area (Å²) in [6.07, 6.45) is 0. The number of alkyl halides is 1. The van der Waals surface area contributed by atoms with Crippen molar-refractivity contribution in [2.75, 3.05) is 13.2 Å². The first-order valence-corrected chi connectivity index (χ1v) is 11.8. The van der Waals surface area contributed by atoms with Gasteiger partial charge in [0.05, 0.1) is 13.2 Å². The Morgan fingerprint density at radius 1 is 0.818 bits per heavy atom. The average Bonchev–Trinajstić information content (AvgIpc) is 2.79. The number of esters is 2. The minimum absolute atomic E-state index is 0.217. The van der Waals surface area contributed by atoms with E-state index in [0.717, 1.165) is 5.56 Å². The van der Waals surface area contributed by atoms with Crippen LogP contribution in [0.1, 0.15) is 52.7 Å². The summed E-state index contributed by atoms with van der Waals surface area (Å²) in [6, 6.07) is 20.0. The summed E-state index contributed by atoms with van der Waals surface area (Å²) < 4.78 is 9.18. The van der Waals surface area contributed by atoms with Gasteiger partial charge in [-0.25, -0.2) is 0 Å². The molecule has 0 fully saturated rings. The maximum absolute atomic E-state index is 11.6. The maximum atomic E-state index is 11.6. The number of hydrogen-bond acceptors (Lipinski definition) is 6. The highest BCUT2D eigenvalue weighted by atomic mass is 79.9. The van der Waals surface area contributed by atoms with E-state index < -0.39 is 9.86 Å². The lowest BCUT2D eigenvalue weighted by atomic mass is 10.1. The van der Waals surface area contributed by atoms with E-state index in [0.29, 0.717) is 26.3 Å². The summed E-state index contributed by atoms with van der Waals surface area (Å²) in [5.41, 5.74) is 7.04. The molecule has 2 aromatic carbocycles. The number of carbonyl (C=O) groups excluding carboxylic acids is 2. The van der Waals surface area contributed by atoms with Crippen molar-refractivity contribution in [3.8, 4) is 0 Å². The second-order valence-electron chi connectivity index (χ2n) is 8.07. The number of rotatable bonds is 8. The third-order valence-corrected chi connectivity index (χ3v) is 4.53. The van der Waals surface area contributed by atoms with Crippen molar-refractivity contribution >= 4 is 27.9 Å². The van der Waals surface area contributed by atoms with E-state index in [9.17, 15) is 9.59 Å². The molecule has 0 unspecified atom stereocenters. The molecule has 2 aromatic rings. The molecule has 0 saturated carbocycles. The molecule has 0 heterocycles. The van der Waals surface area contributed by atoms with Gasteiger partial charge in [-0.3, -0.25) is 14.9 Å². The smallest absolute Gasteiger partial charge is 0.325 e. The Kier molecular flexibility index (Phi) is 15.3. The Balaban J connectivity index is 0.000000510.